The van der Waals surface area contributed by atoms with E-state index in [1.54, 1.807) is 6.07 Å². The second-order valence-electron chi connectivity index (χ2n) is 4.37. The Labute approximate surface area is 113 Å². The van der Waals surface area contributed by atoms with E-state index in [1.807, 2.05) is 24.3 Å². The van der Waals surface area contributed by atoms with Gasteiger partial charge in [-0.25, -0.2) is 8.78 Å². The summed E-state index contributed by atoms with van der Waals surface area (Å²) in [5, 5.41) is 0.792. The maximum atomic E-state index is 13.6. The average molecular weight is 269 g/mol. The van der Waals surface area contributed by atoms with E-state index in [1.165, 1.54) is 6.20 Å². The highest BCUT2D eigenvalue weighted by Crippen LogP contribution is 2.18. The Bertz CT molecular complexity index is 814. The van der Waals surface area contributed by atoms with Crippen LogP contribution in [-0.2, 0) is 0 Å². The van der Waals surface area contributed by atoms with E-state index < -0.39 is 17.4 Å². The van der Waals surface area contributed by atoms with Gasteiger partial charge in [-0.05, 0) is 24.3 Å². The van der Waals surface area contributed by atoms with Gasteiger partial charge in [0.25, 0.3) is 0 Å². The van der Waals surface area contributed by atoms with Crippen LogP contribution in [-0.4, -0.2) is 10.8 Å². The molecule has 0 spiro atoms. The van der Waals surface area contributed by atoms with Gasteiger partial charge in [-0.2, -0.15) is 0 Å². The van der Waals surface area contributed by atoms with Gasteiger partial charge < -0.3 is 0 Å². The van der Waals surface area contributed by atoms with Crippen molar-refractivity contribution in [1.82, 2.24) is 4.98 Å². The Hall–Kier alpha value is -2.62. The molecule has 2 nitrogen and oxygen atoms in total. The molecule has 20 heavy (non-hydrogen) atoms. The molecule has 3 rings (SSSR count). The average Bonchev–Trinajstić information content (AvgIpc) is 2.46. The summed E-state index contributed by atoms with van der Waals surface area (Å²) >= 11 is 0. The lowest BCUT2D eigenvalue weighted by atomic mass is 10.0. The Kier molecular flexibility index (Phi) is 2.99. The summed E-state index contributed by atoms with van der Waals surface area (Å²) in [7, 11) is 0. The van der Waals surface area contributed by atoms with Gasteiger partial charge in [0.05, 0.1) is 11.1 Å². The van der Waals surface area contributed by atoms with E-state index in [0.29, 0.717) is 6.07 Å². The van der Waals surface area contributed by atoms with Gasteiger partial charge in [0.15, 0.2) is 5.78 Å². The van der Waals surface area contributed by atoms with E-state index in [9.17, 15) is 13.6 Å². The number of hydrogen-bond acceptors (Lipinski definition) is 2. The number of fused-ring (bicyclic) bond motifs is 1. The molecule has 3 aromatic rings. The van der Waals surface area contributed by atoms with E-state index in [2.05, 4.69) is 4.98 Å². The zero-order valence-corrected chi connectivity index (χ0v) is 10.3. The van der Waals surface area contributed by atoms with Crippen LogP contribution in [0.5, 0.6) is 0 Å². The molecule has 0 N–H and O–H groups in total. The minimum atomic E-state index is -0.872. The first-order chi connectivity index (χ1) is 9.65. The molecule has 0 fully saturated rings. The fourth-order valence-corrected chi connectivity index (χ4v) is 2.02. The predicted octanol–water partition coefficient (Wildman–Crippen LogP) is 3.74. The predicted molar refractivity (Wildman–Crippen MR) is 71.5 cm³/mol. The summed E-state index contributed by atoms with van der Waals surface area (Å²) in [6, 6.07) is 11.9. The minimum absolute atomic E-state index is 0.163. The van der Waals surface area contributed by atoms with Gasteiger partial charge >= 0.3 is 0 Å². The highest BCUT2D eigenvalue weighted by atomic mass is 19.1. The number of nitrogens with zero attached hydrogens (tertiary/aromatic N) is 1. The van der Waals surface area contributed by atoms with Crippen LogP contribution in [0.2, 0.25) is 0 Å². The number of benzene rings is 2. The molecule has 0 saturated heterocycles. The molecule has 98 valence electrons. The number of pyridine rings is 1. The maximum Gasteiger partial charge on any atom is 0.197 e. The zero-order valence-electron chi connectivity index (χ0n) is 10.3. The van der Waals surface area contributed by atoms with Crippen molar-refractivity contribution in [2.24, 2.45) is 0 Å². The summed E-state index contributed by atoms with van der Waals surface area (Å²) in [5.41, 5.74) is 0.862. The Morgan fingerprint density at radius 2 is 1.80 bits per heavy atom. The molecule has 0 unspecified atom stereocenters. The Morgan fingerprint density at radius 3 is 2.60 bits per heavy atom. The fourth-order valence-electron chi connectivity index (χ4n) is 2.02. The maximum absolute atomic E-state index is 13.6. The fraction of sp³-hybridized carbons (Fsp3) is 0. The molecule has 0 aliphatic carbocycles. The van der Waals surface area contributed by atoms with Crippen LogP contribution < -0.4 is 0 Å². The summed E-state index contributed by atoms with van der Waals surface area (Å²) < 4.78 is 26.5. The van der Waals surface area contributed by atoms with E-state index in [-0.39, 0.29) is 11.1 Å². The van der Waals surface area contributed by atoms with Crippen LogP contribution in [0.25, 0.3) is 10.9 Å². The number of rotatable bonds is 2. The van der Waals surface area contributed by atoms with Crippen LogP contribution in [0, 0.1) is 11.6 Å². The molecule has 0 saturated carbocycles. The van der Waals surface area contributed by atoms with Gasteiger partial charge in [-0.15, -0.1) is 0 Å². The lowest BCUT2D eigenvalue weighted by molar-refractivity contribution is 0.103. The van der Waals surface area contributed by atoms with Crippen molar-refractivity contribution in [3.8, 4) is 0 Å². The first kappa shape index (κ1) is 12.4. The number of hydrogen-bond donors (Lipinski definition) is 0. The third-order valence-electron chi connectivity index (χ3n) is 3.03. The first-order valence-electron chi connectivity index (χ1n) is 6.00. The molecule has 4 heteroatoms. The second-order valence-corrected chi connectivity index (χ2v) is 4.37. The second kappa shape index (κ2) is 4.81. The molecule has 0 aliphatic heterocycles. The number of halogens is 2. The molecule has 0 radical (unpaired) electrons. The standard InChI is InChI=1S/C16H9F2NO/c17-12-5-6-13(14(18)8-12)16(20)11-7-10-3-1-2-4-15(10)19-9-11/h1-9H. The highest BCUT2D eigenvalue weighted by Gasteiger charge is 2.15. The summed E-state index contributed by atoms with van der Waals surface area (Å²) in [5.74, 6) is -2.10. The third kappa shape index (κ3) is 2.16. The topological polar surface area (TPSA) is 30.0 Å². The van der Waals surface area contributed by atoms with Crippen LogP contribution in [0.1, 0.15) is 15.9 Å². The molecule has 1 aromatic heterocycles. The van der Waals surface area contributed by atoms with Gasteiger partial charge in [0.2, 0.25) is 0 Å². The van der Waals surface area contributed by atoms with Crippen molar-refractivity contribution in [2.75, 3.05) is 0 Å². The van der Waals surface area contributed by atoms with Crippen molar-refractivity contribution in [1.29, 1.82) is 0 Å². The van der Waals surface area contributed by atoms with Crippen molar-refractivity contribution >= 4 is 16.7 Å². The van der Waals surface area contributed by atoms with Crippen LogP contribution in [0.15, 0.2) is 54.7 Å². The number of ketones is 1. The number of para-hydroxylation sites is 1. The SMILES string of the molecule is O=C(c1cnc2ccccc2c1)c1ccc(F)cc1F. The van der Waals surface area contributed by atoms with Crippen LogP contribution >= 0.6 is 0 Å². The van der Waals surface area contributed by atoms with E-state index in [4.69, 9.17) is 0 Å². The van der Waals surface area contributed by atoms with Crippen molar-refractivity contribution in [3.63, 3.8) is 0 Å². The molecule has 0 amide bonds. The lowest BCUT2D eigenvalue weighted by Crippen LogP contribution is -2.05. The first-order valence-corrected chi connectivity index (χ1v) is 6.00. The molecular weight excluding hydrogens is 260 g/mol. The minimum Gasteiger partial charge on any atom is -0.288 e. The molecule has 2 aromatic carbocycles. The number of aromatic nitrogens is 1. The number of carbonyl (C=O) groups is 1. The highest BCUT2D eigenvalue weighted by molar-refractivity contribution is 6.10. The molecule has 1 heterocycles. The monoisotopic (exact) mass is 269 g/mol. The van der Waals surface area contributed by atoms with E-state index in [0.717, 1.165) is 23.0 Å². The smallest absolute Gasteiger partial charge is 0.197 e. The van der Waals surface area contributed by atoms with Crippen LogP contribution in [0.3, 0.4) is 0 Å². The van der Waals surface area contributed by atoms with Crippen LogP contribution in [0.4, 0.5) is 8.78 Å². The van der Waals surface area contributed by atoms with Gasteiger partial charge in [0, 0.05) is 23.2 Å². The van der Waals surface area contributed by atoms with Crippen molar-refractivity contribution < 1.29 is 13.6 Å². The molecule has 0 aliphatic rings. The van der Waals surface area contributed by atoms with Gasteiger partial charge in [-0.1, -0.05) is 18.2 Å². The van der Waals surface area contributed by atoms with Gasteiger partial charge in [-0.3, -0.25) is 9.78 Å². The number of carbonyl (C=O) groups excluding carboxylic acids is 1. The molecular formula is C16H9F2NO. The zero-order chi connectivity index (χ0) is 14.1. The summed E-state index contributed by atoms with van der Waals surface area (Å²) in [4.78, 5) is 16.4. The Balaban J connectivity index is 2.08. The lowest BCUT2D eigenvalue weighted by Gasteiger charge is -2.04. The normalized spacial score (nSPS) is 10.7. The Morgan fingerprint density at radius 1 is 1.00 bits per heavy atom. The largest absolute Gasteiger partial charge is 0.288 e. The summed E-state index contributed by atoms with van der Waals surface area (Å²) in [6.07, 6.45) is 1.40. The quantitative estimate of drug-likeness (QED) is 0.663. The molecule has 0 atom stereocenters. The molecule has 0 bridgehead atoms. The third-order valence-corrected chi connectivity index (χ3v) is 3.03. The van der Waals surface area contributed by atoms with Crippen molar-refractivity contribution in [2.45, 2.75) is 0 Å². The van der Waals surface area contributed by atoms with Crippen molar-refractivity contribution in [3.05, 3.63) is 77.5 Å². The van der Waals surface area contributed by atoms with E-state index >= 15 is 0 Å². The summed E-state index contributed by atoms with van der Waals surface area (Å²) in [6.45, 7) is 0. The van der Waals surface area contributed by atoms with Gasteiger partial charge in [0.1, 0.15) is 11.6 Å².